The quantitative estimate of drug-likeness (QED) is 0.325. The van der Waals surface area contributed by atoms with E-state index in [2.05, 4.69) is 15.2 Å². The average molecular weight is 536 g/mol. The maximum absolute atomic E-state index is 11.8. The highest BCUT2D eigenvalue weighted by molar-refractivity contribution is 14.0. The highest BCUT2D eigenvalue weighted by atomic mass is 127. The molecular formula is C20H33IN4O5. The zero-order valence-electron chi connectivity index (χ0n) is 18.4. The minimum Gasteiger partial charge on any atom is -0.493 e. The van der Waals surface area contributed by atoms with Crippen LogP contribution >= 0.6 is 24.0 Å². The van der Waals surface area contributed by atoms with E-state index in [0.29, 0.717) is 56.6 Å². The number of carbonyl (C=O) groups is 1. The molecule has 10 heteroatoms. The summed E-state index contributed by atoms with van der Waals surface area (Å²) in [5, 5.41) is 3.39. The van der Waals surface area contributed by atoms with Crippen LogP contribution in [0.5, 0.6) is 17.2 Å². The van der Waals surface area contributed by atoms with Crippen LogP contribution in [0.2, 0.25) is 0 Å². The summed E-state index contributed by atoms with van der Waals surface area (Å²) >= 11 is 0. The molecule has 0 radical (unpaired) electrons. The Morgan fingerprint density at radius 2 is 1.67 bits per heavy atom. The second kappa shape index (κ2) is 13.2. The van der Waals surface area contributed by atoms with Crippen LogP contribution in [-0.2, 0) is 11.2 Å². The number of aliphatic imine (C=N–C) groups is 1. The lowest BCUT2D eigenvalue weighted by Gasteiger charge is -2.35. The summed E-state index contributed by atoms with van der Waals surface area (Å²) in [6.45, 7) is 5.52. The number of rotatable bonds is 7. The first-order valence-electron chi connectivity index (χ1n) is 9.74. The van der Waals surface area contributed by atoms with Crippen molar-refractivity contribution in [2.45, 2.75) is 13.3 Å². The summed E-state index contributed by atoms with van der Waals surface area (Å²) in [5.41, 5.74) is 1.01. The van der Waals surface area contributed by atoms with Crippen LogP contribution in [0.4, 0.5) is 4.79 Å². The molecule has 1 amide bonds. The Labute approximate surface area is 195 Å². The predicted molar refractivity (Wildman–Crippen MR) is 127 cm³/mol. The van der Waals surface area contributed by atoms with E-state index in [0.717, 1.165) is 17.9 Å². The van der Waals surface area contributed by atoms with Gasteiger partial charge >= 0.3 is 6.09 Å². The zero-order valence-corrected chi connectivity index (χ0v) is 20.7. The molecule has 0 aliphatic carbocycles. The van der Waals surface area contributed by atoms with Crippen molar-refractivity contribution in [3.05, 3.63) is 17.7 Å². The Kier molecular flexibility index (Phi) is 11.4. The number of ether oxygens (including phenoxy) is 4. The van der Waals surface area contributed by atoms with E-state index in [9.17, 15) is 4.79 Å². The van der Waals surface area contributed by atoms with E-state index in [4.69, 9.17) is 18.9 Å². The van der Waals surface area contributed by atoms with E-state index in [-0.39, 0.29) is 30.1 Å². The van der Waals surface area contributed by atoms with Crippen LogP contribution in [0.15, 0.2) is 17.1 Å². The third-order valence-corrected chi connectivity index (χ3v) is 4.78. The molecule has 0 unspecified atom stereocenters. The summed E-state index contributed by atoms with van der Waals surface area (Å²) in [7, 11) is 6.58. The third-order valence-electron chi connectivity index (χ3n) is 4.78. The molecule has 1 saturated heterocycles. The molecule has 1 aliphatic heterocycles. The number of carbonyl (C=O) groups excluding carboxylic acids is 1. The number of nitrogens with one attached hydrogen (secondary N) is 1. The first-order chi connectivity index (χ1) is 14.1. The number of hydrogen-bond donors (Lipinski definition) is 1. The fourth-order valence-corrected chi connectivity index (χ4v) is 3.32. The summed E-state index contributed by atoms with van der Waals surface area (Å²) in [5.74, 6) is 2.71. The fraction of sp³-hybridized carbons (Fsp3) is 0.600. The van der Waals surface area contributed by atoms with Crippen LogP contribution in [0.25, 0.3) is 0 Å². The van der Waals surface area contributed by atoms with Crippen LogP contribution in [0.3, 0.4) is 0 Å². The standard InChI is InChI=1S/C20H32N4O5.HI/c1-6-29-20(25)24-13-11-23(12-14-24)19(21-2)22-10-9-15-7-8-16(26-3)18(28-5)17(15)27-4;/h7-8H,6,9-14H2,1-5H3,(H,21,22);1H. The van der Waals surface area contributed by atoms with Crippen molar-refractivity contribution >= 4 is 36.0 Å². The maximum atomic E-state index is 11.8. The minimum absolute atomic E-state index is 0. The molecular weight excluding hydrogens is 503 g/mol. The van der Waals surface area contributed by atoms with Gasteiger partial charge in [0.25, 0.3) is 0 Å². The summed E-state index contributed by atoms with van der Waals surface area (Å²) in [6, 6.07) is 3.85. The molecule has 1 fully saturated rings. The first kappa shape index (κ1) is 25.9. The van der Waals surface area contributed by atoms with Crippen LogP contribution in [0.1, 0.15) is 12.5 Å². The lowest BCUT2D eigenvalue weighted by Crippen LogP contribution is -2.54. The predicted octanol–water partition coefficient (Wildman–Crippen LogP) is 2.22. The van der Waals surface area contributed by atoms with Gasteiger partial charge in [-0.2, -0.15) is 0 Å². The molecule has 1 aromatic rings. The number of hydrogen-bond acceptors (Lipinski definition) is 6. The maximum Gasteiger partial charge on any atom is 0.409 e. The van der Waals surface area contributed by atoms with Crippen LogP contribution in [0, 0.1) is 0 Å². The number of guanidine groups is 1. The molecule has 0 atom stereocenters. The van der Waals surface area contributed by atoms with Crippen molar-refractivity contribution in [3.8, 4) is 17.2 Å². The molecule has 0 bridgehead atoms. The van der Waals surface area contributed by atoms with E-state index < -0.39 is 0 Å². The normalized spacial score (nSPS) is 14.0. The van der Waals surface area contributed by atoms with Gasteiger partial charge in [-0.3, -0.25) is 4.99 Å². The van der Waals surface area contributed by atoms with Gasteiger partial charge in [0, 0.05) is 45.3 Å². The molecule has 1 N–H and O–H groups in total. The molecule has 0 spiro atoms. The van der Waals surface area contributed by atoms with Gasteiger partial charge in [0.2, 0.25) is 5.75 Å². The van der Waals surface area contributed by atoms with Crippen molar-refractivity contribution < 1.29 is 23.7 Å². The second-order valence-corrected chi connectivity index (χ2v) is 6.39. The number of halogens is 1. The summed E-state index contributed by atoms with van der Waals surface area (Å²) in [4.78, 5) is 20.1. The van der Waals surface area contributed by atoms with Crippen molar-refractivity contribution in [1.82, 2.24) is 15.1 Å². The third kappa shape index (κ3) is 6.44. The molecule has 170 valence electrons. The Hall–Kier alpha value is -2.11. The van der Waals surface area contributed by atoms with Gasteiger partial charge in [-0.05, 0) is 19.4 Å². The first-order valence-corrected chi connectivity index (χ1v) is 9.74. The van der Waals surface area contributed by atoms with Crippen molar-refractivity contribution in [2.75, 3.05) is 67.7 Å². The Bertz CT molecular complexity index is 709. The molecule has 9 nitrogen and oxygen atoms in total. The molecule has 0 aromatic heterocycles. The van der Waals surface area contributed by atoms with Gasteiger partial charge in [-0.25, -0.2) is 4.79 Å². The highest BCUT2D eigenvalue weighted by Gasteiger charge is 2.23. The summed E-state index contributed by atoms with van der Waals surface area (Å²) < 4.78 is 21.4. The van der Waals surface area contributed by atoms with E-state index >= 15 is 0 Å². The van der Waals surface area contributed by atoms with Gasteiger partial charge in [0.15, 0.2) is 17.5 Å². The van der Waals surface area contributed by atoms with Gasteiger partial charge in [0.1, 0.15) is 0 Å². The van der Waals surface area contributed by atoms with Gasteiger partial charge in [-0.15, -0.1) is 24.0 Å². The topological polar surface area (TPSA) is 84.9 Å². The summed E-state index contributed by atoms with van der Waals surface area (Å²) in [6.07, 6.45) is 0.473. The number of methoxy groups -OCH3 is 3. The van der Waals surface area contributed by atoms with Crippen LogP contribution < -0.4 is 19.5 Å². The Balaban J connectivity index is 0.00000450. The van der Waals surface area contributed by atoms with Crippen molar-refractivity contribution in [3.63, 3.8) is 0 Å². The molecule has 1 heterocycles. The molecule has 1 aromatic carbocycles. The molecule has 1 aliphatic rings. The highest BCUT2D eigenvalue weighted by Crippen LogP contribution is 2.39. The van der Waals surface area contributed by atoms with E-state index in [1.165, 1.54) is 0 Å². The Morgan fingerprint density at radius 3 is 2.20 bits per heavy atom. The van der Waals surface area contributed by atoms with Crippen molar-refractivity contribution in [1.29, 1.82) is 0 Å². The minimum atomic E-state index is -0.254. The molecule has 0 saturated carbocycles. The smallest absolute Gasteiger partial charge is 0.409 e. The van der Waals surface area contributed by atoms with Gasteiger partial charge < -0.3 is 34.1 Å². The largest absolute Gasteiger partial charge is 0.493 e. The number of benzene rings is 1. The fourth-order valence-electron chi connectivity index (χ4n) is 3.32. The second-order valence-electron chi connectivity index (χ2n) is 6.39. The van der Waals surface area contributed by atoms with E-state index in [1.807, 2.05) is 19.1 Å². The van der Waals surface area contributed by atoms with E-state index in [1.54, 1.807) is 33.3 Å². The van der Waals surface area contributed by atoms with Crippen LogP contribution in [-0.4, -0.2) is 89.6 Å². The van der Waals surface area contributed by atoms with Crippen molar-refractivity contribution in [2.24, 2.45) is 4.99 Å². The lowest BCUT2D eigenvalue weighted by molar-refractivity contribution is 0.0915. The average Bonchev–Trinajstić information content (AvgIpc) is 2.76. The number of amides is 1. The number of piperazine rings is 1. The van der Waals surface area contributed by atoms with Gasteiger partial charge in [0.05, 0.1) is 27.9 Å². The zero-order chi connectivity index (χ0) is 21.2. The monoisotopic (exact) mass is 536 g/mol. The van der Waals surface area contributed by atoms with Gasteiger partial charge in [-0.1, -0.05) is 6.07 Å². The Morgan fingerprint density at radius 1 is 1.03 bits per heavy atom. The lowest BCUT2D eigenvalue weighted by atomic mass is 10.1. The molecule has 30 heavy (non-hydrogen) atoms. The SMILES string of the molecule is CCOC(=O)N1CCN(C(=NC)NCCc2ccc(OC)c(OC)c2OC)CC1.I. The molecule has 2 rings (SSSR count). The number of nitrogens with zero attached hydrogens (tertiary/aromatic N) is 3.